The lowest BCUT2D eigenvalue weighted by Gasteiger charge is -2.29. The van der Waals surface area contributed by atoms with Gasteiger partial charge in [-0.1, -0.05) is 81.4 Å². The summed E-state index contributed by atoms with van der Waals surface area (Å²) >= 11 is 1.64. The van der Waals surface area contributed by atoms with Crippen LogP contribution in [-0.4, -0.2) is 25.8 Å². The van der Waals surface area contributed by atoms with E-state index in [9.17, 15) is 9.59 Å². The molecule has 5 aromatic rings. The largest absolute Gasteiger partial charge is 0.403 e. The van der Waals surface area contributed by atoms with Crippen molar-refractivity contribution < 1.29 is 14.0 Å². The number of hydrogen-bond donors (Lipinski definition) is 2. The van der Waals surface area contributed by atoms with Gasteiger partial charge in [0.05, 0.1) is 13.2 Å². The van der Waals surface area contributed by atoms with E-state index < -0.39 is 9.04 Å². The van der Waals surface area contributed by atoms with Crippen LogP contribution in [0.25, 0.3) is 17.2 Å². The van der Waals surface area contributed by atoms with Crippen molar-refractivity contribution in [1.82, 2.24) is 10.3 Å². The highest BCUT2D eigenvalue weighted by atomic mass is 32.1. The number of aromatic nitrogens is 1. The van der Waals surface area contributed by atoms with Crippen molar-refractivity contribution in [2.45, 2.75) is 60.1 Å². The Kier molecular flexibility index (Phi) is 11.2. The van der Waals surface area contributed by atoms with Gasteiger partial charge in [0.1, 0.15) is 5.82 Å². The van der Waals surface area contributed by atoms with E-state index in [1.807, 2.05) is 12.1 Å². The fourth-order valence-electron chi connectivity index (χ4n) is 6.06. The highest BCUT2D eigenvalue weighted by Crippen LogP contribution is 2.39. The quantitative estimate of drug-likeness (QED) is 0.114. The van der Waals surface area contributed by atoms with E-state index in [-0.39, 0.29) is 17.2 Å². The van der Waals surface area contributed by atoms with Crippen LogP contribution >= 0.6 is 11.3 Å². The van der Waals surface area contributed by atoms with Gasteiger partial charge >= 0.3 is 0 Å². The lowest BCUT2D eigenvalue weighted by Crippen LogP contribution is -2.44. The molecule has 0 spiro atoms. The topological polar surface area (TPSA) is 80.3 Å². The molecule has 2 amide bonds. The molecule has 0 bridgehead atoms. The van der Waals surface area contributed by atoms with E-state index in [0.717, 1.165) is 16.0 Å². The molecule has 3 aromatic carbocycles. The van der Waals surface area contributed by atoms with E-state index in [2.05, 4.69) is 116 Å². The second kappa shape index (κ2) is 15.5. The van der Waals surface area contributed by atoms with Crippen LogP contribution in [0.1, 0.15) is 60.4 Å². The Hall–Kier alpha value is -4.63. The average Bonchev–Trinajstić information content (AvgIpc) is 3.53. The summed E-state index contributed by atoms with van der Waals surface area (Å²) in [6.07, 6.45) is 4.83. The summed E-state index contributed by atoms with van der Waals surface area (Å²) in [5, 5.41) is 10.2. The van der Waals surface area contributed by atoms with Crippen molar-refractivity contribution in [2.24, 2.45) is 0 Å². The van der Waals surface area contributed by atoms with Gasteiger partial charge in [-0.25, -0.2) is 4.98 Å². The van der Waals surface area contributed by atoms with Crippen LogP contribution in [0.2, 0.25) is 0 Å². The van der Waals surface area contributed by atoms with Crippen LogP contribution in [-0.2, 0) is 32.6 Å². The maximum Gasteiger partial charge on any atom is 0.283 e. The minimum absolute atomic E-state index is 0.0735. The molecule has 6 nitrogen and oxygen atoms in total. The third-order valence-corrected chi connectivity index (χ3v) is 11.2. The molecule has 0 atom stereocenters. The van der Waals surface area contributed by atoms with Crippen LogP contribution in [0, 0.1) is 13.8 Å². The normalized spacial score (nSPS) is 11.6. The van der Waals surface area contributed by atoms with Crippen molar-refractivity contribution in [3.8, 4) is 11.1 Å². The van der Waals surface area contributed by atoms with Crippen LogP contribution in [0.4, 0.5) is 5.82 Å². The summed E-state index contributed by atoms with van der Waals surface area (Å²) in [5.74, 6) is 0.0970. The van der Waals surface area contributed by atoms with Crippen LogP contribution in [0.3, 0.4) is 0 Å². The standard InChI is InChI=1S/C40H42N3O3SSi/c1-27-31(26-46-48(32-13-9-7-10-14-32)33-15-11-8-12-16-33)23-35(28(2)39(27)40(4,5)6)34-21-22-47-36(34)25-42-38(45)20-18-30-17-19-37(41-24-30)43-29(3)44/h7-24H,25-26H2,1-6H3,(H,42,45)(H,41,43,44). The summed E-state index contributed by atoms with van der Waals surface area (Å²) in [6, 6.07) is 29.0. The first-order valence-electron chi connectivity index (χ1n) is 16.0. The van der Waals surface area contributed by atoms with Crippen molar-refractivity contribution >= 4 is 54.5 Å². The Labute approximate surface area is 289 Å². The molecular formula is C40H42N3O3SSi. The van der Waals surface area contributed by atoms with Gasteiger partial charge in [0.2, 0.25) is 11.8 Å². The Balaban J connectivity index is 1.39. The molecule has 0 aliphatic heterocycles. The molecule has 0 fully saturated rings. The van der Waals surface area contributed by atoms with Crippen LogP contribution in [0.5, 0.6) is 0 Å². The first kappa shape index (κ1) is 34.7. The monoisotopic (exact) mass is 672 g/mol. The molecule has 0 saturated heterocycles. The number of pyridine rings is 1. The summed E-state index contributed by atoms with van der Waals surface area (Å²) in [5.41, 5.74) is 8.01. The number of nitrogens with one attached hydrogen (secondary N) is 2. The van der Waals surface area contributed by atoms with Gasteiger partial charge in [-0.15, -0.1) is 11.3 Å². The first-order chi connectivity index (χ1) is 23.0. The SMILES string of the molecule is CC(=O)Nc1ccc(C=CC(=O)NCc2sccc2-c2cc(CO[Si](c3ccccc3)c3ccccc3)c(C)c(C(C)(C)C)c2C)cn1. The molecule has 0 aliphatic rings. The van der Waals surface area contributed by atoms with Crippen molar-refractivity contribution in [1.29, 1.82) is 0 Å². The average molecular weight is 673 g/mol. The molecule has 8 heteroatoms. The van der Waals surface area contributed by atoms with Gasteiger partial charge in [-0.2, -0.15) is 0 Å². The van der Waals surface area contributed by atoms with Gasteiger partial charge in [0.15, 0.2) is 0 Å². The zero-order chi connectivity index (χ0) is 34.3. The summed E-state index contributed by atoms with van der Waals surface area (Å²) in [6.45, 7) is 13.6. The molecule has 2 N–H and O–H groups in total. The second-order valence-corrected chi connectivity index (χ2v) is 15.9. The summed E-state index contributed by atoms with van der Waals surface area (Å²) in [7, 11) is -1.47. The van der Waals surface area contributed by atoms with Crippen molar-refractivity contribution in [3.05, 3.63) is 135 Å². The van der Waals surface area contributed by atoms with E-state index in [1.165, 1.54) is 51.2 Å². The zero-order valence-corrected chi connectivity index (χ0v) is 30.2. The molecule has 0 unspecified atom stereocenters. The molecule has 0 aliphatic carbocycles. The van der Waals surface area contributed by atoms with Crippen LogP contribution in [0.15, 0.2) is 103 Å². The Morgan fingerprint density at radius 1 is 0.896 bits per heavy atom. The lowest BCUT2D eigenvalue weighted by atomic mass is 9.77. The number of nitrogens with zero attached hydrogens (tertiary/aromatic N) is 1. The van der Waals surface area contributed by atoms with E-state index in [4.69, 9.17) is 4.43 Å². The second-order valence-electron chi connectivity index (χ2n) is 12.8. The fraction of sp³-hybridized carbons (Fsp3) is 0.225. The highest BCUT2D eigenvalue weighted by molar-refractivity contribution is 7.10. The third-order valence-electron chi connectivity index (χ3n) is 8.12. The highest BCUT2D eigenvalue weighted by Gasteiger charge is 2.26. The van der Waals surface area contributed by atoms with Crippen LogP contribution < -0.4 is 21.0 Å². The fourth-order valence-corrected chi connectivity index (χ4v) is 8.84. The Morgan fingerprint density at radius 2 is 1.56 bits per heavy atom. The molecule has 5 rings (SSSR count). The number of thiophene rings is 1. The van der Waals surface area contributed by atoms with E-state index >= 15 is 0 Å². The number of amides is 2. The van der Waals surface area contributed by atoms with Crippen molar-refractivity contribution in [3.63, 3.8) is 0 Å². The summed E-state index contributed by atoms with van der Waals surface area (Å²) in [4.78, 5) is 29.4. The zero-order valence-electron chi connectivity index (χ0n) is 28.4. The first-order valence-corrected chi connectivity index (χ1v) is 18.3. The van der Waals surface area contributed by atoms with Gasteiger partial charge in [0.25, 0.3) is 9.04 Å². The number of anilines is 1. The molecule has 1 radical (unpaired) electrons. The maximum absolute atomic E-state index is 12.8. The molecular weight excluding hydrogens is 631 g/mol. The predicted octanol–water partition coefficient (Wildman–Crippen LogP) is 7.33. The smallest absolute Gasteiger partial charge is 0.283 e. The van der Waals surface area contributed by atoms with Gasteiger partial charge < -0.3 is 15.1 Å². The van der Waals surface area contributed by atoms with Crippen molar-refractivity contribution in [2.75, 3.05) is 5.32 Å². The molecule has 2 heterocycles. The number of benzene rings is 3. The van der Waals surface area contributed by atoms with E-state index in [0.29, 0.717) is 19.0 Å². The number of hydrogen-bond acceptors (Lipinski definition) is 5. The van der Waals surface area contributed by atoms with Gasteiger partial charge in [-0.05, 0) is 104 Å². The number of rotatable bonds is 11. The molecule has 48 heavy (non-hydrogen) atoms. The lowest BCUT2D eigenvalue weighted by molar-refractivity contribution is -0.116. The maximum atomic E-state index is 12.8. The Bertz CT molecular complexity index is 1860. The van der Waals surface area contributed by atoms with E-state index in [1.54, 1.807) is 35.7 Å². The molecule has 0 saturated carbocycles. The van der Waals surface area contributed by atoms with Gasteiger partial charge in [0, 0.05) is 24.1 Å². The van der Waals surface area contributed by atoms with Gasteiger partial charge in [-0.3, -0.25) is 9.59 Å². The third kappa shape index (κ3) is 8.63. The molecule has 2 aromatic heterocycles. The predicted molar refractivity (Wildman–Crippen MR) is 200 cm³/mol. The number of carbonyl (C=O) groups is 2. The minimum atomic E-state index is -1.47. The minimum Gasteiger partial charge on any atom is -0.403 e. The summed E-state index contributed by atoms with van der Waals surface area (Å²) < 4.78 is 6.87. The Morgan fingerprint density at radius 3 is 2.15 bits per heavy atom. The molecule has 245 valence electrons. The number of carbonyl (C=O) groups excluding carboxylic acids is 2.